The summed E-state index contributed by atoms with van der Waals surface area (Å²) in [6, 6.07) is 10.1. The molecule has 21 heavy (non-hydrogen) atoms. The van der Waals surface area contributed by atoms with Crippen molar-refractivity contribution in [2.24, 2.45) is 0 Å². The van der Waals surface area contributed by atoms with Crippen LogP contribution in [0.25, 0.3) is 0 Å². The smallest absolute Gasteiger partial charge is 0.337 e. The van der Waals surface area contributed by atoms with Crippen LogP contribution >= 0.6 is 0 Å². The molecule has 2 aromatic carbocycles. The molecule has 0 aliphatic carbocycles. The molecule has 0 amide bonds. The number of aromatic carboxylic acids is 1. The normalized spacial score (nSPS) is 10.4. The van der Waals surface area contributed by atoms with Crippen molar-refractivity contribution in [2.75, 3.05) is 17.7 Å². The highest BCUT2D eigenvalue weighted by Gasteiger charge is 2.16. The fraction of sp³-hybridized carbons (Fsp3) is 0.188. The number of hydrogen-bond acceptors (Lipinski definition) is 3. The van der Waals surface area contributed by atoms with E-state index in [0.717, 1.165) is 17.2 Å². The van der Waals surface area contributed by atoms with Crippen LogP contribution in [0.5, 0.6) is 0 Å². The van der Waals surface area contributed by atoms with E-state index in [1.165, 1.54) is 6.07 Å². The van der Waals surface area contributed by atoms with E-state index in [2.05, 4.69) is 0 Å². The van der Waals surface area contributed by atoms with Gasteiger partial charge in [-0.25, -0.2) is 9.18 Å². The Bertz CT molecular complexity index is 686. The summed E-state index contributed by atoms with van der Waals surface area (Å²) < 4.78 is 14.0. The Morgan fingerprint density at radius 3 is 2.62 bits per heavy atom. The van der Waals surface area contributed by atoms with Crippen LogP contribution in [0.4, 0.5) is 15.8 Å². The molecule has 0 aliphatic rings. The number of halogens is 1. The van der Waals surface area contributed by atoms with Crippen LogP contribution in [0, 0.1) is 12.7 Å². The van der Waals surface area contributed by atoms with Gasteiger partial charge in [0.2, 0.25) is 0 Å². The highest BCUT2D eigenvalue weighted by molar-refractivity contribution is 5.95. The van der Waals surface area contributed by atoms with Crippen molar-refractivity contribution in [2.45, 2.75) is 13.5 Å². The SMILES string of the molecule is Cc1ccccc1CN(C)c1cc(C(=O)O)c(N)cc1F. The molecule has 0 unspecified atom stereocenters. The molecule has 2 aromatic rings. The summed E-state index contributed by atoms with van der Waals surface area (Å²) in [5.41, 5.74) is 7.72. The second kappa shape index (κ2) is 5.83. The molecule has 0 radical (unpaired) electrons. The Hall–Kier alpha value is -2.56. The van der Waals surface area contributed by atoms with Crippen molar-refractivity contribution in [3.63, 3.8) is 0 Å². The number of aryl methyl sites for hydroxylation is 1. The summed E-state index contributed by atoms with van der Waals surface area (Å²) >= 11 is 0. The molecule has 3 N–H and O–H groups in total. The Labute approximate surface area is 122 Å². The lowest BCUT2D eigenvalue weighted by atomic mass is 10.1. The molecule has 110 valence electrons. The molecule has 0 saturated heterocycles. The van der Waals surface area contributed by atoms with E-state index in [1.807, 2.05) is 31.2 Å². The van der Waals surface area contributed by atoms with Crippen molar-refractivity contribution in [1.82, 2.24) is 0 Å². The van der Waals surface area contributed by atoms with Crippen LogP contribution in [-0.2, 0) is 6.54 Å². The molecule has 0 heterocycles. The first-order valence-electron chi connectivity index (χ1n) is 6.48. The molecule has 0 saturated carbocycles. The summed E-state index contributed by atoms with van der Waals surface area (Å²) in [4.78, 5) is 12.8. The molecule has 5 heteroatoms. The molecule has 0 aromatic heterocycles. The number of nitrogen functional groups attached to an aromatic ring is 1. The van der Waals surface area contributed by atoms with E-state index in [9.17, 15) is 9.18 Å². The maximum atomic E-state index is 14.0. The third kappa shape index (κ3) is 3.13. The number of nitrogens with two attached hydrogens (primary N) is 1. The predicted octanol–water partition coefficient (Wildman–Crippen LogP) is 3.05. The van der Waals surface area contributed by atoms with Gasteiger partial charge in [0.05, 0.1) is 11.3 Å². The minimum Gasteiger partial charge on any atom is -0.478 e. The molecule has 0 bridgehead atoms. The summed E-state index contributed by atoms with van der Waals surface area (Å²) in [6.07, 6.45) is 0. The molecule has 0 aliphatic heterocycles. The monoisotopic (exact) mass is 288 g/mol. The Balaban J connectivity index is 2.35. The van der Waals surface area contributed by atoms with Crippen molar-refractivity contribution < 1.29 is 14.3 Å². The summed E-state index contributed by atoms with van der Waals surface area (Å²) in [6.45, 7) is 2.46. The van der Waals surface area contributed by atoms with Crippen LogP contribution in [0.1, 0.15) is 21.5 Å². The lowest BCUT2D eigenvalue weighted by Crippen LogP contribution is -2.19. The number of anilines is 2. The van der Waals surface area contributed by atoms with E-state index in [1.54, 1.807) is 11.9 Å². The van der Waals surface area contributed by atoms with Crippen molar-refractivity contribution in [3.05, 3.63) is 58.9 Å². The number of hydrogen-bond donors (Lipinski definition) is 2. The zero-order chi connectivity index (χ0) is 15.6. The quantitative estimate of drug-likeness (QED) is 0.849. The van der Waals surface area contributed by atoms with Gasteiger partial charge in [-0.2, -0.15) is 0 Å². The van der Waals surface area contributed by atoms with Crippen LogP contribution < -0.4 is 10.6 Å². The molecular formula is C16H17FN2O2. The van der Waals surface area contributed by atoms with Crippen LogP contribution in [-0.4, -0.2) is 18.1 Å². The lowest BCUT2D eigenvalue weighted by Gasteiger charge is -2.22. The Morgan fingerprint density at radius 1 is 1.33 bits per heavy atom. The van der Waals surface area contributed by atoms with Crippen molar-refractivity contribution in [3.8, 4) is 0 Å². The number of carboxylic acids is 1. The third-order valence-electron chi connectivity index (χ3n) is 3.43. The second-order valence-corrected chi connectivity index (χ2v) is 4.98. The Kier molecular flexibility index (Phi) is 4.12. The van der Waals surface area contributed by atoms with E-state index >= 15 is 0 Å². The summed E-state index contributed by atoms with van der Waals surface area (Å²) in [5, 5.41) is 9.08. The van der Waals surface area contributed by atoms with Crippen molar-refractivity contribution in [1.29, 1.82) is 0 Å². The van der Waals surface area contributed by atoms with Gasteiger partial charge in [0.1, 0.15) is 5.82 Å². The highest BCUT2D eigenvalue weighted by Crippen LogP contribution is 2.26. The van der Waals surface area contributed by atoms with Crippen LogP contribution in [0.3, 0.4) is 0 Å². The zero-order valence-electron chi connectivity index (χ0n) is 11.9. The first-order valence-corrected chi connectivity index (χ1v) is 6.48. The zero-order valence-corrected chi connectivity index (χ0v) is 11.9. The van der Waals surface area contributed by atoms with E-state index < -0.39 is 11.8 Å². The molecule has 0 atom stereocenters. The van der Waals surface area contributed by atoms with E-state index in [0.29, 0.717) is 6.54 Å². The van der Waals surface area contributed by atoms with Crippen LogP contribution in [0.2, 0.25) is 0 Å². The van der Waals surface area contributed by atoms with Gasteiger partial charge in [-0.1, -0.05) is 24.3 Å². The molecule has 0 spiro atoms. The number of benzene rings is 2. The minimum atomic E-state index is -1.17. The average molecular weight is 288 g/mol. The van der Waals surface area contributed by atoms with E-state index in [4.69, 9.17) is 10.8 Å². The molecular weight excluding hydrogens is 271 g/mol. The highest BCUT2D eigenvalue weighted by atomic mass is 19.1. The van der Waals surface area contributed by atoms with Gasteiger partial charge in [0.25, 0.3) is 0 Å². The minimum absolute atomic E-state index is 0.0759. The number of carbonyl (C=O) groups is 1. The van der Waals surface area contributed by atoms with Gasteiger partial charge in [0.15, 0.2) is 0 Å². The van der Waals surface area contributed by atoms with Gasteiger partial charge < -0.3 is 15.7 Å². The topological polar surface area (TPSA) is 66.6 Å². The fourth-order valence-electron chi connectivity index (χ4n) is 2.18. The van der Waals surface area contributed by atoms with Crippen molar-refractivity contribution >= 4 is 17.3 Å². The fourth-order valence-corrected chi connectivity index (χ4v) is 2.18. The molecule has 2 rings (SSSR count). The lowest BCUT2D eigenvalue weighted by molar-refractivity contribution is 0.0698. The first-order chi connectivity index (χ1) is 9.90. The summed E-state index contributed by atoms with van der Waals surface area (Å²) in [7, 11) is 1.71. The van der Waals surface area contributed by atoms with Gasteiger partial charge >= 0.3 is 5.97 Å². The third-order valence-corrected chi connectivity index (χ3v) is 3.43. The van der Waals surface area contributed by atoms with Gasteiger partial charge in [0, 0.05) is 19.3 Å². The maximum absolute atomic E-state index is 14.0. The predicted molar refractivity (Wildman–Crippen MR) is 81.1 cm³/mol. The van der Waals surface area contributed by atoms with E-state index in [-0.39, 0.29) is 16.9 Å². The van der Waals surface area contributed by atoms with Gasteiger partial charge in [-0.3, -0.25) is 0 Å². The maximum Gasteiger partial charge on any atom is 0.337 e. The Morgan fingerprint density at radius 2 is 2.00 bits per heavy atom. The number of nitrogens with zero attached hydrogens (tertiary/aromatic N) is 1. The van der Waals surface area contributed by atoms with Gasteiger partial charge in [-0.05, 0) is 30.2 Å². The molecule has 4 nitrogen and oxygen atoms in total. The number of rotatable bonds is 4. The summed E-state index contributed by atoms with van der Waals surface area (Å²) in [5.74, 6) is -1.70. The molecule has 0 fully saturated rings. The van der Waals surface area contributed by atoms with Gasteiger partial charge in [-0.15, -0.1) is 0 Å². The standard InChI is InChI=1S/C16H17FN2O2/c1-10-5-3-4-6-11(10)9-19(2)15-7-12(16(20)21)14(18)8-13(15)17/h3-8H,9,18H2,1-2H3,(H,20,21). The van der Waals surface area contributed by atoms with Crippen LogP contribution in [0.15, 0.2) is 36.4 Å². The number of carboxylic acid groups (broad SMARTS) is 1. The average Bonchev–Trinajstić information content (AvgIpc) is 2.40. The first kappa shape index (κ1) is 14.8. The largest absolute Gasteiger partial charge is 0.478 e. The second-order valence-electron chi connectivity index (χ2n) is 4.98.